The molecule has 146 valence electrons. The molecule has 7 nitrogen and oxygen atoms in total. The van der Waals surface area contributed by atoms with Crippen LogP contribution in [0.3, 0.4) is 0 Å². The Hall–Kier alpha value is -1.97. The zero-order valence-corrected chi connectivity index (χ0v) is 17.8. The summed E-state index contributed by atoms with van der Waals surface area (Å²) in [5, 5.41) is 2.74. The van der Waals surface area contributed by atoms with Crippen LogP contribution < -0.4 is 10.9 Å². The van der Waals surface area contributed by atoms with E-state index in [2.05, 4.69) is 21.2 Å². The number of amides is 1. The molecular formula is C18H22BrN3O4S. The zero-order chi connectivity index (χ0) is 20.2. The Balaban J connectivity index is 2.26. The first-order valence-corrected chi connectivity index (χ1v) is 10.7. The van der Waals surface area contributed by atoms with Crippen molar-refractivity contribution in [3.05, 3.63) is 56.9 Å². The average Bonchev–Trinajstić information content (AvgIpc) is 2.60. The lowest BCUT2D eigenvalue weighted by Gasteiger charge is -2.19. The third-order valence-corrected chi connectivity index (χ3v) is 6.60. The number of anilines is 1. The fourth-order valence-electron chi connectivity index (χ4n) is 2.61. The normalized spacial score (nSPS) is 11.6. The number of benzene rings is 1. The smallest absolute Gasteiger partial charge is 0.251 e. The lowest BCUT2D eigenvalue weighted by atomic mass is 10.2. The van der Waals surface area contributed by atoms with Crippen LogP contribution in [0.1, 0.15) is 19.4 Å². The predicted molar refractivity (Wildman–Crippen MR) is 108 cm³/mol. The van der Waals surface area contributed by atoms with Crippen LogP contribution in [-0.2, 0) is 21.4 Å². The van der Waals surface area contributed by atoms with Crippen molar-refractivity contribution in [3.8, 4) is 0 Å². The summed E-state index contributed by atoms with van der Waals surface area (Å²) in [6, 6.07) is 7.84. The van der Waals surface area contributed by atoms with Gasteiger partial charge >= 0.3 is 0 Å². The van der Waals surface area contributed by atoms with Gasteiger partial charge in [-0.2, -0.15) is 4.31 Å². The molecule has 9 heteroatoms. The molecule has 0 aliphatic carbocycles. The molecule has 0 unspecified atom stereocenters. The third kappa shape index (κ3) is 5.06. The molecule has 0 spiro atoms. The van der Waals surface area contributed by atoms with Gasteiger partial charge in [-0.3, -0.25) is 9.59 Å². The second kappa shape index (κ2) is 8.81. The summed E-state index contributed by atoms with van der Waals surface area (Å²) in [5.74, 6) is -0.417. The van der Waals surface area contributed by atoms with Crippen LogP contribution in [0, 0.1) is 6.92 Å². The summed E-state index contributed by atoms with van der Waals surface area (Å²) >= 11 is 3.36. The highest BCUT2D eigenvalue weighted by Crippen LogP contribution is 2.20. The predicted octanol–water partition coefficient (Wildman–Crippen LogP) is 2.59. The van der Waals surface area contributed by atoms with E-state index in [1.54, 1.807) is 26.0 Å². The van der Waals surface area contributed by atoms with E-state index in [0.717, 1.165) is 20.7 Å². The molecule has 0 fully saturated rings. The molecule has 0 saturated carbocycles. The number of aryl methyl sites for hydroxylation is 1. The summed E-state index contributed by atoms with van der Waals surface area (Å²) in [6.07, 6.45) is 1.21. The Bertz CT molecular complexity index is 998. The van der Waals surface area contributed by atoms with E-state index in [0.29, 0.717) is 18.8 Å². The maximum absolute atomic E-state index is 12.6. The van der Waals surface area contributed by atoms with Gasteiger partial charge in [-0.15, -0.1) is 0 Å². The lowest BCUT2D eigenvalue weighted by Crippen LogP contribution is -2.33. The number of nitrogens with one attached hydrogen (secondary N) is 1. The van der Waals surface area contributed by atoms with Crippen LogP contribution in [-0.4, -0.2) is 36.3 Å². The van der Waals surface area contributed by atoms with Crippen molar-refractivity contribution < 1.29 is 13.2 Å². The van der Waals surface area contributed by atoms with Crippen LogP contribution in [0.4, 0.5) is 5.69 Å². The van der Waals surface area contributed by atoms with E-state index in [1.807, 2.05) is 13.0 Å². The van der Waals surface area contributed by atoms with E-state index in [4.69, 9.17) is 0 Å². The monoisotopic (exact) mass is 455 g/mol. The van der Waals surface area contributed by atoms with Gasteiger partial charge in [0.25, 0.3) is 5.56 Å². The molecule has 0 aliphatic rings. The number of hydrogen-bond donors (Lipinski definition) is 1. The van der Waals surface area contributed by atoms with Crippen molar-refractivity contribution >= 4 is 37.5 Å². The first kappa shape index (κ1) is 21.3. The molecule has 0 bridgehead atoms. The molecule has 2 aromatic rings. The van der Waals surface area contributed by atoms with Crippen molar-refractivity contribution in [1.82, 2.24) is 8.87 Å². The number of pyridine rings is 1. The number of nitrogens with zero attached hydrogens (tertiary/aromatic N) is 2. The summed E-state index contributed by atoms with van der Waals surface area (Å²) in [4.78, 5) is 24.4. The quantitative estimate of drug-likeness (QED) is 0.694. The third-order valence-electron chi connectivity index (χ3n) is 4.08. The van der Waals surface area contributed by atoms with Gasteiger partial charge in [0.1, 0.15) is 6.54 Å². The van der Waals surface area contributed by atoms with E-state index in [-0.39, 0.29) is 11.4 Å². The molecule has 0 radical (unpaired) electrons. The Morgan fingerprint density at radius 2 is 1.85 bits per heavy atom. The Morgan fingerprint density at radius 3 is 2.44 bits per heavy atom. The number of hydrogen-bond acceptors (Lipinski definition) is 4. The molecule has 1 amide bonds. The number of sulfonamides is 1. The SMILES string of the molecule is CCN(CC)S(=O)(=O)c1ccc(=O)n(CC(=O)Nc2ccc(Br)cc2C)c1. The second-order valence-corrected chi connectivity index (χ2v) is 8.78. The lowest BCUT2D eigenvalue weighted by molar-refractivity contribution is -0.116. The minimum Gasteiger partial charge on any atom is -0.324 e. The van der Waals surface area contributed by atoms with Gasteiger partial charge in [0.15, 0.2) is 0 Å². The van der Waals surface area contributed by atoms with Gasteiger partial charge < -0.3 is 9.88 Å². The fraction of sp³-hybridized carbons (Fsp3) is 0.333. The van der Waals surface area contributed by atoms with Crippen LogP contribution >= 0.6 is 15.9 Å². The molecular weight excluding hydrogens is 434 g/mol. The van der Waals surface area contributed by atoms with Gasteiger partial charge in [-0.1, -0.05) is 29.8 Å². The Morgan fingerprint density at radius 1 is 1.19 bits per heavy atom. The Kier molecular flexibility index (Phi) is 6.96. The maximum Gasteiger partial charge on any atom is 0.251 e. The van der Waals surface area contributed by atoms with Crippen LogP contribution in [0.15, 0.2) is 50.7 Å². The fourth-order valence-corrected chi connectivity index (χ4v) is 4.56. The minimum absolute atomic E-state index is 0.0153. The number of aromatic nitrogens is 1. The second-order valence-electron chi connectivity index (χ2n) is 5.93. The number of carbonyl (C=O) groups is 1. The van der Waals surface area contributed by atoms with Crippen LogP contribution in [0.2, 0.25) is 0 Å². The molecule has 1 N–H and O–H groups in total. The summed E-state index contributed by atoms with van der Waals surface area (Å²) in [5.41, 5.74) is 1.04. The Labute approximate surface area is 167 Å². The van der Waals surface area contributed by atoms with Crippen molar-refractivity contribution in [2.24, 2.45) is 0 Å². The molecule has 27 heavy (non-hydrogen) atoms. The molecule has 1 heterocycles. The van der Waals surface area contributed by atoms with E-state index >= 15 is 0 Å². The van der Waals surface area contributed by atoms with Crippen molar-refractivity contribution in [2.45, 2.75) is 32.2 Å². The molecule has 1 aromatic heterocycles. The van der Waals surface area contributed by atoms with Gasteiger partial charge in [0, 0.05) is 35.5 Å². The van der Waals surface area contributed by atoms with E-state index in [9.17, 15) is 18.0 Å². The van der Waals surface area contributed by atoms with Crippen molar-refractivity contribution in [3.63, 3.8) is 0 Å². The van der Waals surface area contributed by atoms with E-state index < -0.39 is 21.5 Å². The van der Waals surface area contributed by atoms with Gasteiger partial charge in [-0.05, 0) is 36.8 Å². The van der Waals surface area contributed by atoms with Crippen molar-refractivity contribution in [1.29, 1.82) is 0 Å². The molecule has 1 aromatic carbocycles. The van der Waals surface area contributed by atoms with E-state index in [1.165, 1.54) is 16.6 Å². The minimum atomic E-state index is -3.71. The topological polar surface area (TPSA) is 88.5 Å². The van der Waals surface area contributed by atoms with Crippen LogP contribution in [0.5, 0.6) is 0 Å². The molecule has 0 saturated heterocycles. The number of halogens is 1. The summed E-state index contributed by atoms with van der Waals surface area (Å²) in [6.45, 7) is 5.69. The first-order valence-electron chi connectivity index (χ1n) is 8.45. The molecule has 0 atom stereocenters. The zero-order valence-electron chi connectivity index (χ0n) is 15.4. The average molecular weight is 456 g/mol. The highest BCUT2D eigenvalue weighted by atomic mass is 79.9. The summed E-state index contributed by atoms with van der Waals surface area (Å²) in [7, 11) is -3.71. The largest absolute Gasteiger partial charge is 0.324 e. The highest BCUT2D eigenvalue weighted by molar-refractivity contribution is 9.10. The number of carbonyl (C=O) groups excluding carboxylic acids is 1. The standard InChI is InChI=1S/C18H22BrN3O4S/c1-4-22(5-2)27(25,26)15-7-9-18(24)21(11-15)12-17(23)20-16-8-6-14(19)10-13(16)3/h6-11H,4-5,12H2,1-3H3,(H,20,23). The van der Waals surface area contributed by atoms with Crippen molar-refractivity contribution in [2.75, 3.05) is 18.4 Å². The molecule has 2 rings (SSSR count). The van der Waals surface area contributed by atoms with Gasteiger partial charge in [-0.25, -0.2) is 8.42 Å². The first-order chi connectivity index (χ1) is 12.7. The summed E-state index contributed by atoms with van der Waals surface area (Å²) < 4.78 is 28.5. The molecule has 0 aliphatic heterocycles. The maximum atomic E-state index is 12.6. The van der Waals surface area contributed by atoms with Crippen LogP contribution in [0.25, 0.3) is 0 Å². The highest BCUT2D eigenvalue weighted by Gasteiger charge is 2.22. The number of rotatable bonds is 7. The van der Waals surface area contributed by atoms with Gasteiger partial charge in [0.2, 0.25) is 15.9 Å². The van der Waals surface area contributed by atoms with Gasteiger partial charge in [0.05, 0.1) is 4.90 Å².